The first-order valence-corrected chi connectivity index (χ1v) is 16.9. The Morgan fingerprint density at radius 1 is 0.878 bits per heavy atom. The van der Waals surface area contributed by atoms with E-state index in [1.807, 2.05) is 0 Å². The number of carbonyl (C=O) groups excluding carboxylic acids is 2. The van der Waals surface area contributed by atoms with E-state index >= 15 is 0 Å². The molecule has 0 aliphatic carbocycles. The molecule has 13 heteroatoms. The molecule has 252 valence electrons. The van der Waals surface area contributed by atoms with E-state index in [4.69, 9.17) is 9.15 Å². The molecule has 6 rings (SSSR count). The zero-order valence-corrected chi connectivity index (χ0v) is 28.0. The van der Waals surface area contributed by atoms with Gasteiger partial charge >= 0.3 is 6.09 Å². The Labute approximate surface area is 280 Å². The molecule has 2 aromatic heterocycles. The average Bonchev–Trinajstić information content (AvgIpc) is 3.62. The van der Waals surface area contributed by atoms with Gasteiger partial charge in [-0.25, -0.2) is 22.0 Å². The van der Waals surface area contributed by atoms with Crippen LogP contribution in [0.1, 0.15) is 38.1 Å². The summed E-state index contributed by atoms with van der Waals surface area (Å²) in [6.45, 7) is 6.69. The molecule has 0 fully saturated rings. The zero-order chi connectivity index (χ0) is 35.2. The maximum atomic E-state index is 13.9. The number of hydrogen-bond donors (Lipinski definition) is 2. The van der Waals surface area contributed by atoms with E-state index in [1.54, 1.807) is 45.0 Å². The second-order valence-corrected chi connectivity index (χ2v) is 14.3. The summed E-state index contributed by atoms with van der Waals surface area (Å²) in [5.74, 6) is -1.44. The van der Waals surface area contributed by atoms with E-state index in [0.717, 1.165) is 4.68 Å². The molecule has 1 amide bonds. The van der Waals surface area contributed by atoms with Crippen molar-refractivity contribution < 1.29 is 35.9 Å². The van der Waals surface area contributed by atoms with Gasteiger partial charge in [0.1, 0.15) is 34.3 Å². The molecule has 4 aromatic carbocycles. The minimum absolute atomic E-state index is 0.166. The van der Waals surface area contributed by atoms with Crippen molar-refractivity contribution in [2.24, 2.45) is 0 Å². The Hall–Kier alpha value is -5.56. The highest BCUT2D eigenvalue weighted by atomic mass is 32.2. The SMILES string of the molecule is CCS(=O)(=O)Nc1cc2oc(-c3ccc(F)cc3)c(C(=O)NC)c2cc1-c1ccc2c(c1)c(-c1ccc(F)cc1)nn2C(=O)OC(C)(C)C. The molecule has 0 aliphatic rings. The number of sulfonamides is 1. The van der Waals surface area contributed by atoms with Crippen molar-refractivity contribution in [1.29, 1.82) is 0 Å². The van der Waals surface area contributed by atoms with Crippen LogP contribution in [-0.4, -0.2) is 48.6 Å². The van der Waals surface area contributed by atoms with Gasteiger partial charge in [-0.1, -0.05) is 6.07 Å². The lowest BCUT2D eigenvalue weighted by Gasteiger charge is -2.19. The van der Waals surface area contributed by atoms with Crippen LogP contribution in [0.5, 0.6) is 0 Å². The fourth-order valence-corrected chi connectivity index (χ4v) is 6.06. The van der Waals surface area contributed by atoms with E-state index in [9.17, 15) is 26.8 Å². The zero-order valence-electron chi connectivity index (χ0n) is 27.2. The molecule has 0 radical (unpaired) electrons. The van der Waals surface area contributed by atoms with Crippen LogP contribution >= 0.6 is 0 Å². The molecule has 0 unspecified atom stereocenters. The first kappa shape index (κ1) is 33.3. The minimum atomic E-state index is -3.80. The highest BCUT2D eigenvalue weighted by molar-refractivity contribution is 7.92. The minimum Gasteiger partial charge on any atom is -0.455 e. The Bertz CT molecular complexity index is 2360. The maximum Gasteiger partial charge on any atom is 0.435 e. The number of carbonyl (C=O) groups is 2. The van der Waals surface area contributed by atoms with E-state index in [-0.39, 0.29) is 28.3 Å². The number of anilines is 1. The number of aromatic nitrogens is 2. The van der Waals surface area contributed by atoms with E-state index in [1.165, 1.54) is 68.6 Å². The van der Waals surface area contributed by atoms with Gasteiger partial charge in [0.2, 0.25) is 10.0 Å². The first-order valence-electron chi connectivity index (χ1n) is 15.3. The summed E-state index contributed by atoms with van der Waals surface area (Å²) in [4.78, 5) is 26.5. The lowest BCUT2D eigenvalue weighted by atomic mass is 9.97. The van der Waals surface area contributed by atoms with E-state index in [0.29, 0.717) is 44.2 Å². The van der Waals surface area contributed by atoms with Crippen LogP contribution in [0.25, 0.3) is 55.6 Å². The van der Waals surface area contributed by atoms with Gasteiger partial charge in [0.15, 0.2) is 0 Å². The van der Waals surface area contributed by atoms with Gasteiger partial charge in [0.25, 0.3) is 5.91 Å². The smallest absolute Gasteiger partial charge is 0.435 e. The van der Waals surface area contributed by atoms with Gasteiger partial charge in [0, 0.05) is 40.6 Å². The van der Waals surface area contributed by atoms with Crippen molar-refractivity contribution in [2.75, 3.05) is 17.5 Å². The number of halogens is 2. The molecule has 10 nitrogen and oxygen atoms in total. The highest BCUT2D eigenvalue weighted by Crippen LogP contribution is 2.41. The highest BCUT2D eigenvalue weighted by Gasteiger charge is 2.26. The molecule has 6 aromatic rings. The molecule has 2 heterocycles. The van der Waals surface area contributed by atoms with Gasteiger partial charge in [-0.15, -0.1) is 0 Å². The van der Waals surface area contributed by atoms with Crippen LogP contribution in [0.2, 0.25) is 0 Å². The number of furan rings is 1. The third kappa shape index (κ3) is 6.61. The predicted molar refractivity (Wildman–Crippen MR) is 184 cm³/mol. The van der Waals surface area contributed by atoms with Crippen LogP contribution in [0.4, 0.5) is 19.3 Å². The Balaban J connectivity index is 1.63. The topological polar surface area (TPSA) is 133 Å². The summed E-state index contributed by atoms with van der Waals surface area (Å²) in [5, 5.41) is 8.04. The van der Waals surface area contributed by atoms with Crippen LogP contribution in [-0.2, 0) is 14.8 Å². The number of fused-ring (bicyclic) bond motifs is 2. The Kier molecular flexibility index (Phi) is 8.49. The van der Waals surface area contributed by atoms with Gasteiger partial charge < -0.3 is 14.5 Å². The van der Waals surface area contributed by atoms with Crippen molar-refractivity contribution in [2.45, 2.75) is 33.3 Å². The lowest BCUT2D eigenvalue weighted by molar-refractivity contribution is 0.0523. The molecular weight excluding hydrogens is 654 g/mol. The second-order valence-electron chi connectivity index (χ2n) is 12.3. The molecule has 0 aliphatic heterocycles. The number of hydrogen-bond acceptors (Lipinski definition) is 7. The third-order valence-electron chi connectivity index (χ3n) is 7.71. The number of ether oxygens (including phenoxy) is 1. The normalized spacial score (nSPS) is 12.0. The summed E-state index contributed by atoms with van der Waals surface area (Å²) >= 11 is 0. The molecule has 0 spiro atoms. The van der Waals surface area contributed by atoms with Crippen molar-refractivity contribution in [3.63, 3.8) is 0 Å². The predicted octanol–water partition coefficient (Wildman–Crippen LogP) is 7.97. The third-order valence-corrected chi connectivity index (χ3v) is 9.00. The van der Waals surface area contributed by atoms with Crippen molar-refractivity contribution in [1.82, 2.24) is 15.1 Å². The molecule has 0 saturated heterocycles. The summed E-state index contributed by atoms with van der Waals surface area (Å²) in [7, 11) is -2.34. The molecule has 0 atom stereocenters. The van der Waals surface area contributed by atoms with Crippen LogP contribution in [0, 0.1) is 11.6 Å². The molecular formula is C36H32F2N4O6S. The van der Waals surface area contributed by atoms with Crippen molar-refractivity contribution in [3.05, 3.63) is 96.1 Å². The molecule has 0 bridgehead atoms. The number of benzene rings is 4. The standard InChI is InChI=1S/C36H32F2N4O6S/c1-6-49(45,46)41-28-19-30-27(31(34(43)39-5)33(47-30)21-9-14-24(38)15-10-21)18-25(28)22-11-16-29-26(17-22)32(20-7-12-23(37)13-8-20)40-42(29)35(44)48-36(2,3)4/h7-19,41H,6H2,1-5H3,(H,39,43). The molecule has 2 N–H and O–H groups in total. The summed E-state index contributed by atoms with van der Waals surface area (Å²) in [6.07, 6.45) is -0.724. The molecule has 0 saturated carbocycles. The van der Waals surface area contributed by atoms with Crippen molar-refractivity contribution in [3.8, 4) is 33.7 Å². The fraction of sp³-hybridized carbons (Fsp3) is 0.194. The maximum absolute atomic E-state index is 13.9. The Morgan fingerprint density at radius 3 is 2.08 bits per heavy atom. The van der Waals surface area contributed by atoms with Gasteiger partial charge in [0.05, 0.1) is 22.5 Å². The van der Waals surface area contributed by atoms with Crippen LogP contribution < -0.4 is 10.0 Å². The lowest BCUT2D eigenvalue weighted by Crippen LogP contribution is -2.27. The summed E-state index contributed by atoms with van der Waals surface area (Å²) in [5.41, 5.74) is 2.32. The van der Waals surface area contributed by atoms with E-state index in [2.05, 4.69) is 15.1 Å². The number of nitrogens with one attached hydrogen (secondary N) is 2. The number of rotatable bonds is 7. The first-order chi connectivity index (χ1) is 23.2. The summed E-state index contributed by atoms with van der Waals surface area (Å²) in [6, 6.07) is 19.3. The quantitative estimate of drug-likeness (QED) is 0.174. The largest absolute Gasteiger partial charge is 0.455 e. The van der Waals surface area contributed by atoms with Crippen molar-refractivity contribution >= 4 is 49.6 Å². The summed E-state index contributed by atoms with van der Waals surface area (Å²) < 4.78 is 69.0. The Morgan fingerprint density at radius 2 is 1.49 bits per heavy atom. The monoisotopic (exact) mass is 686 g/mol. The van der Waals surface area contributed by atoms with Gasteiger partial charge in [-0.05, 0) is 100.0 Å². The van der Waals surface area contributed by atoms with Crippen LogP contribution in [0.15, 0.2) is 83.3 Å². The van der Waals surface area contributed by atoms with Gasteiger partial charge in [-0.2, -0.15) is 9.78 Å². The fourth-order valence-electron chi connectivity index (χ4n) is 5.41. The number of nitrogens with zero attached hydrogens (tertiary/aromatic N) is 2. The number of amides is 1. The van der Waals surface area contributed by atoms with E-state index < -0.39 is 39.3 Å². The van der Waals surface area contributed by atoms with Gasteiger partial charge in [-0.3, -0.25) is 9.52 Å². The average molecular weight is 687 g/mol. The second kappa shape index (κ2) is 12.5. The van der Waals surface area contributed by atoms with Crippen LogP contribution in [0.3, 0.4) is 0 Å². The molecule has 49 heavy (non-hydrogen) atoms.